The van der Waals surface area contributed by atoms with Crippen molar-refractivity contribution < 1.29 is 9.13 Å². The molecule has 2 aromatic rings. The fourth-order valence-electron chi connectivity index (χ4n) is 1.24. The molecule has 0 radical (unpaired) electrons. The fourth-order valence-corrected chi connectivity index (χ4v) is 1.38. The molecular weight excluding hydrogens is 295 g/mol. The molecule has 0 unspecified atom stereocenters. The molecule has 0 fully saturated rings. The Morgan fingerprint density at radius 1 is 1.19 bits per heavy atom. The van der Waals surface area contributed by atoms with Gasteiger partial charge in [0.25, 0.3) is 0 Å². The molecule has 1 N–H and O–H groups in total. The Hall–Kier alpha value is -1.92. The second-order valence-corrected chi connectivity index (χ2v) is 4.87. The lowest BCUT2D eigenvalue weighted by molar-refractivity contribution is 0.415. The number of hydrogen-bond acceptors (Lipinski definition) is 5. The molecule has 0 amide bonds. The van der Waals surface area contributed by atoms with Gasteiger partial charge in [0, 0.05) is 5.69 Å². The normalized spacial score (nSPS) is 9.86. The molecule has 0 aliphatic carbocycles. The molecule has 114 valence electrons. The lowest BCUT2D eigenvalue weighted by Crippen LogP contribution is -1.99. The minimum Gasteiger partial charge on any atom is -0.497 e. The van der Waals surface area contributed by atoms with E-state index in [2.05, 4.69) is 15.3 Å². The summed E-state index contributed by atoms with van der Waals surface area (Å²) in [5.41, 5.74) is 0.680. The van der Waals surface area contributed by atoms with E-state index in [4.69, 9.17) is 16.3 Å². The molecule has 0 bridgehead atoms. The van der Waals surface area contributed by atoms with E-state index in [0.717, 1.165) is 11.9 Å². The number of halogens is 2. The van der Waals surface area contributed by atoms with Gasteiger partial charge in [0.15, 0.2) is 11.6 Å². The van der Waals surface area contributed by atoms with Gasteiger partial charge in [0.2, 0.25) is 5.28 Å². The van der Waals surface area contributed by atoms with Crippen LogP contribution in [-0.2, 0) is 0 Å². The summed E-state index contributed by atoms with van der Waals surface area (Å²) in [4.78, 5) is 9.28. The molecule has 1 aromatic heterocycles. The van der Waals surface area contributed by atoms with E-state index in [0.29, 0.717) is 5.69 Å². The maximum absolute atomic E-state index is 13.3. The highest BCUT2D eigenvalue weighted by Gasteiger charge is 2.06. The van der Waals surface area contributed by atoms with Gasteiger partial charge in [0.05, 0.1) is 13.3 Å². The van der Waals surface area contributed by atoms with Crippen molar-refractivity contribution in [3.05, 3.63) is 41.6 Å². The van der Waals surface area contributed by atoms with E-state index in [-0.39, 0.29) is 11.1 Å². The number of nitrogens with zero attached hydrogens (tertiary/aromatic N) is 3. The van der Waals surface area contributed by atoms with Gasteiger partial charge in [-0.05, 0) is 57.0 Å². The van der Waals surface area contributed by atoms with Crippen LogP contribution in [0.25, 0.3) is 0 Å². The molecule has 0 aliphatic heterocycles. The molecule has 21 heavy (non-hydrogen) atoms. The fraction of sp³-hybridized carbons (Fsp3) is 0.286. The Balaban J connectivity index is 0.000000491. The Bertz CT molecular complexity index is 561. The maximum atomic E-state index is 13.3. The number of hydrogen-bond donors (Lipinski definition) is 1. The van der Waals surface area contributed by atoms with Crippen LogP contribution in [0.5, 0.6) is 5.75 Å². The maximum Gasteiger partial charge on any atom is 0.224 e. The van der Waals surface area contributed by atoms with E-state index in [1.165, 1.54) is 0 Å². The first-order chi connectivity index (χ1) is 9.92. The third kappa shape index (κ3) is 6.37. The summed E-state index contributed by atoms with van der Waals surface area (Å²) >= 11 is 5.58. The van der Waals surface area contributed by atoms with Crippen molar-refractivity contribution >= 4 is 23.1 Å². The standard InChI is InChI=1S/C11H9ClFN3O.C3H9N/c1-17-8-4-2-7(3-5-8)15-10-9(13)6-14-11(12)16-10;1-4(2)3/h2-6H,1H3,(H,14,15,16);1-3H3. The van der Waals surface area contributed by atoms with Crippen molar-refractivity contribution in [3.8, 4) is 5.75 Å². The van der Waals surface area contributed by atoms with Crippen LogP contribution in [0.15, 0.2) is 30.5 Å². The summed E-state index contributed by atoms with van der Waals surface area (Å²) in [6.45, 7) is 0. The molecule has 7 heteroatoms. The van der Waals surface area contributed by atoms with Crippen LogP contribution in [0.4, 0.5) is 15.9 Å². The zero-order valence-corrected chi connectivity index (χ0v) is 13.1. The lowest BCUT2D eigenvalue weighted by Gasteiger charge is -2.07. The Labute approximate surface area is 128 Å². The predicted molar refractivity (Wildman–Crippen MR) is 82.9 cm³/mol. The summed E-state index contributed by atoms with van der Waals surface area (Å²) in [5, 5.41) is 2.79. The van der Waals surface area contributed by atoms with Crippen molar-refractivity contribution in [3.63, 3.8) is 0 Å². The first kappa shape index (κ1) is 17.1. The SMILES string of the molecule is CN(C)C.COc1ccc(Nc2nc(Cl)ncc2F)cc1. The predicted octanol–water partition coefficient (Wildman–Crippen LogP) is 3.20. The van der Waals surface area contributed by atoms with Crippen LogP contribution in [0.3, 0.4) is 0 Å². The van der Waals surface area contributed by atoms with Gasteiger partial charge in [-0.3, -0.25) is 0 Å². The average Bonchev–Trinajstić information content (AvgIpc) is 2.43. The number of rotatable bonds is 3. The monoisotopic (exact) mass is 312 g/mol. The molecule has 1 aromatic carbocycles. The quantitative estimate of drug-likeness (QED) is 0.882. The first-order valence-corrected chi connectivity index (χ1v) is 6.50. The van der Waals surface area contributed by atoms with Crippen molar-refractivity contribution in [2.75, 3.05) is 33.6 Å². The van der Waals surface area contributed by atoms with Crippen LogP contribution in [0.1, 0.15) is 0 Å². The van der Waals surface area contributed by atoms with Gasteiger partial charge in [0.1, 0.15) is 5.75 Å². The summed E-state index contributed by atoms with van der Waals surface area (Å²) < 4.78 is 18.3. The molecule has 0 saturated heterocycles. The highest BCUT2D eigenvalue weighted by molar-refractivity contribution is 6.28. The topological polar surface area (TPSA) is 50.3 Å². The summed E-state index contributed by atoms with van der Waals surface area (Å²) in [5.74, 6) is 0.192. The van der Waals surface area contributed by atoms with E-state index in [1.807, 2.05) is 26.0 Å². The van der Waals surface area contributed by atoms with Crippen LogP contribution < -0.4 is 10.1 Å². The number of aromatic nitrogens is 2. The first-order valence-electron chi connectivity index (χ1n) is 6.12. The van der Waals surface area contributed by atoms with Crippen molar-refractivity contribution in [1.82, 2.24) is 14.9 Å². The zero-order chi connectivity index (χ0) is 15.8. The van der Waals surface area contributed by atoms with Gasteiger partial charge >= 0.3 is 0 Å². The van der Waals surface area contributed by atoms with Gasteiger partial charge in [-0.15, -0.1) is 0 Å². The molecular formula is C14H18ClFN4O. The molecule has 2 rings (SSSR count). The molecule has 5 nitrogen and oxygen atoms in total. The average molecular weight is 313 g/mol. The minimum atomic E-state index is -0.565. The molecule has 0 spiro atoms. The highest BCUT2D eigenvalue weighted by atomic mass is 35.5. The van der Waals surface area contributed by atoms with Crippen LogP contribution in [-0.4, -0.2) is 43.1 Å². The van der Waals surface area contributed by atoms with E-state index >= 15 is 0 Å². The van der Waals surface area contributed by atoms with E-state index < -0.39 is 5.82 Å². The number of nitrogens with one attached hydrogen (secondary N) is 1. The minimum absolute atomic E-state index is 0.0117. The third-order valence-electron chi connectivity index (χ3n) is 2.07. The van der Waals surface area contributed by atoms with E-state index in [9.17, 15) is 4.39 Å². The van der Waals surface area contributed by atoms with Crippen LogP contribution in [0, 0.1) is 5.82 Å². The smallest absolute Gasteiger partial charge is 0.224 e. The van der Waals surface area contributed by atoms with Crippen LogP contribution in [0.2, 0.25) is 5.28 Å². The van der Waals surface area contributed by atoms with Gasteiger partial charge in [-0.1, -0.05) is 0 Å². The van der Waals surface area contributed by atoms with Crippen molar-refractivity contribution in [2.45, 2.75) is 0 Å². The van der Waals surface area contributed by atoms with Crippen molar-refractivity contribution in [1.29, 1.82) is 0 Å². The summed E-state index contributed by atoms with van der Waals surface area (Å²) in [6.07, 6.45) is 1.02. The number of anilines is 2. The lowest BCUT2D eigenvalue weighted by atomic mass is 10.3. The molecule has 1 heterocycles. The highest BCUT2D eigenvalue weighted by Crippen LogP contribution is 2.20. The van der Waals surface area contributed by atoms with Gasteiger partial charge in [-0.25, -0.2) is 9.37 Å². The molecule has 0 atom stereocenters. The van der Waals surface area contributed by atoms with Crippen molar-refractivity contribution in [2.24, 2.45) is 0 Å². The van der Waals surface area contributed by atoms with Crippen LogP contribution >= 0.6 is 11.6 Å². The molecule has 0 saturated carbocycles. The van der Waals surface area contributed by atoms with Gasteiger partial charge in [-0.2, -0.15) is 4.98 Å². The van der Waals surface area contributed by atoms with Gasteiger partial charge < -0.3 is 15.0 Å². The third-order valence-corrected chi connectivity index (χ3v) is 2.25. The summed E-state index contributed by atoms with van der Waals surface area (Å²) in [7, 11) is 7.58. The largest absolute Gasteiger partial charge is 0.497 e. The Morgan fingerprint density at radius 2 is 1.76 bits per heavy atom. The zero-order valence-electron chi connectivity index (χ0n) is 12.4. The molecule has 0 aliphatic rings. The van der Waals surface area contributed by atoms with E-state index in [1.54, 1.807) is 31.4 Å². The second kappa shape index (κ2) is 8.39. The Morgan fingerprint density at radius 3 is 2.29 bits per heavy atom. The Kier molecular flexibility index (Phi) is 6.84. The second-order valence-electron chi connectivity index (χ2n) is 4.53. The number of methoxy groups -OCH3 is 1. The number of ether oxygens (including phenoxy) is 1. The number of benzene rings is 1. The summed E-state index contributed by atoms with van der Waals surface area (Å²) in [6, 6.07) is 6.99.